The minimum Gasteiger partial charge on any atom is -0.349 e. The molecule has 0 aliphatic carbocycles. The Morgan fingerprint density at radius 3 is 2.94 bits per heavy atom. The molecule has 1 atom stereocenters. The fraction of sp³-hybridized carbons (Fsp3) is 0.250. The molecule has 0 fully saturated rings. The summed E-state index contributed by atoms with van der Waals surface area (Å²) in [6.07, 6.45) is 6.38. The second-order valence-corrected chi connectivity index (χ2v) is 4.44. The van der Waals surface area contributed by atoms with Crippen molar-refractivity contribution in [1.82, 2.24) is 9.97 Å². The molecule has 4 heteroatoms. The molecule has 1 unspecified atom stereocenters. The molecular formula is C12H15N3S. The van der Waals surface area contributed by atoms with Crippen LogP contribution in [-0.2, 0) is 6.42 Å². The van der Waals surface area contributed by atoms with E-state index in [-0.39, 0.29) is 6.04 Å². The van der Waals surface area contributed by atoms with Crippen molar-refractivity contribution in [1.29, 1.82) is 0 Å². The normalized spacial score (nSPS) is 12.6. The third-order valence-corrected chi connectivity index (χ3v) is 3.32. The van der Waals surface area contributed by atoms with Crippen LogP contribution >= 0.6 is 11.8 Å². The van der Waals surface area contributed by atoms with Crippen molar-refractivity contribution in [2.24, 2.45) is 5.73 Å². The number of nitrogens with two attached hydrogens (primary N) is 1. The van der Waals surface area contributed by atoms with E-state index in [0.29, 0.717) is 0 Å². The monoisotopic (exact) mass is 233 g/mol. The van der Waals surface area contributed by atoms with Gasteiger partial charge in [-0.1, -0.05) is 18.2 Å². The molecule has 1 heterocycles. The first-order valence-electron chi connectivity index (χ1n) is 5.18. The van der Waals surface area contributed by atoms with E-state index in [4.69, 9.17) is 5.73 Å². The van der Waals surface area contributed by atoms with Crippen LogP contribution in [-0.4, -0.2) is 16.2 Å². The molecule has 0 aliphatic heterocycles. The van der Waals surface area contributed by atoms with Crippen molar-refractivity contribution < 1.29 is 0 Å². The number of H-pyrrole nitrogens is 1. The van der Waals surface area contributed by atoms with E-state index < -0.39 is 0 Å². The molecule has 0 radical (unpaired) electrons. The third kappa shape index (κ3) is 2.46. The van der Waals surface area contributed by atoms with Gasteiger partial charge in [-0.05, 0) is 17.9 Å². The second-order valence-electron chi connectivity index (χ2n) is 3.59. The largest absolute Gasteiger partial charge is 0.349 e. The number of hydrogen-bond donors (Lipinski definition) is 2. The van der Waals surface area contributed by atoms with Crippen LogP contribution in [0.2, 0.25) is 0 Å². The molecule has 3 nitrogen and oxygen atoms in total. The number of aromatic nitrogens is 2. The van der Waals surface area contributed by atoms with Gasteiger partial charge in [0.15, 0.2) is 0 Å². The number of hydrogen-bond acceptors (Lipinski definition) is 3. The Labute approximate surface area is 99.5 Å². The molecule has 1 aromatic carbocycles. The summed E-state index contributed by atoms with van der Waals surface area (Å²) in [5.41, 5.74) is 7.38. The van der Waals surface area contributed by atoms with Crippen molar-refractivity contribution in [3.05, 3.63) is 48.0 Å². The highest BCUT2D eigenvalue weighted by Crippen LogP contribution is 2.25. The smallest absolute Gasteiger partial charge is 0.107 e. The third-order valence-electron chi connectivity index (χ3n) is 2.51. The zero-order chi connectivity index (χ0) is 11.4. The summed E-state index contributed by atoms with van der Waals surface area (Å²) in [6.45, 7) is 0. The molecule has 0 saturated heterocycles. The molecule has 0 bridgehead atoms. The number of thioether (sulfide) groups is 1. The van der Waals surface area contributed by atoms with E-state index >= 15 is 0 Å². The maximum Gasteiger partial charge on any atom is 0.107 e. The second kappa shape index (κ2) is 5.18. The fourth-order valence-corrected chi connectivity index (χ4v) is 2.37. The van der Waals surface area contributed by atoms with Crippen LogP contribution in [0.25, 0.3) is 0 Å². The lowest BCUT2D eigenvalue weighted by atomic mass is 10.0. The standard InChI is InChI=1S/C12H15N3S/c1-16-11-5-3-2-4-9(11)10(13)8-12-14-6-7-15-12/h2-7,10H,8,13H2,1H3,(H,14,15). The first-order chi connectivity index (χ1) is 7.81. The first kappa shape index (κ1) is 11.2. The average Bonchev–Trinajstić information content (AvgIpc) is 2.81. The summed E-state index contributed by atoms with van der Waals surface area (Å²) < 4.78 is 0. The van der Waals surface area contributed by atoms with E-state index in [2.05, 4.69) is 28.4 Å². The highest BCUT2D eigenvalue weighted by atomic mass is 32.2. The number of aromatic amines is 1. The summed E-state index contributed by atoms with van der Waals surface area (Å²) in [7, 11) is 0. The van der Waals surface area contributed by atoms with Gasteiger partial charge in [-0.25, -0.2) is 4.98 Å². The first-order valence-corrected chi connectivity index (χ1v) is 6.40. The van der Waals surface area contributed by atoms with Gasteiger partial charge in [-0.2, -0.15) is 0 Å². The Morgan fingerprint density at radius 1 is 1.44 bits per heavy atom. The fourth-order valence-electron chi connectivity index (χ4n) is 1.70. The van der Waals surface area contributed by atoms with Crippen LogP contribution in [0.4, 0.5) is 0 Å². The predicted molar refractivity (Wildman–Crippen MR) is 67.4 cm³/mol. The minimum atomic E-state index is -0.00481. The van der Waals surface area contributed by atoms with Crippen LogP contribution < -0.4 is 5.73 Å². The number of benzene rings is 1. The van der Waals surface area contributed by atoms with Gasteiger partial charge in [-0.3, -0.25) is 0 Å². The average molecular weight is 233 g/mol. The van der Waals surface area contributed by atoms with Gasteiger partial charge in [0.1, 0.15) is 5.82 Å². The van der Waals surface area contributed by atoms with E-state index in [1.807, 2.05) is 18.3 Å². The molecule has 84 valence electrons. The van der Waals surface area contributed by atoms with Crippen LogP contribution in [0.1, 0.15) is 17.4 Å². The van der Waals surface area contributed by atoms with Crippen molar-refractivity contribution in [3.63, 3.8) is 0 Å². The van der Waals surface area contributed by atoms with E-state index in [9.17, 15) is 0 Å². The molecule has 0 aliphatic rings. The highest BCUT2D eigenvalue weighted by Gasteiger charge is 2.11. The highest BCUT2D eigenvalue weighted by molar-refractivity contribution is 7.98. The molecule has 0 saturated carbocycles. The summed E-state index contributed by atoms with van der Waals surface area (Å²) in [4.78, 5) is 8.51. The van der Waals surface area contributed by atoms with E-state index in [1.165, 1.54) is 10.5 Å². The Hall–Kier alpha value is -1.26. The summed E-state index contributed by atoms with van der Waals surface area (Å²) in [5.74, 6) is 0.934. The Bertz CT molecular complexity index is 439. The Kier molecular flexibility index (Phi) is 3.64. The summed E-state index contributed by atoms with van der Waals surface area (Å²) in [5, 5.41) is 0. The maximum absolute atomic E-state index is 6.19. The van der Waals surface area contributed by atoms with Crippen molar-refractivity contribution in [2.75, 3.05) is 6.26 Å². The Morgan fingerprint density at radius 2 is 2.25 bits per heavy atom. The molecular weight excluding hydrogens is 218 g/mol. The van der Waals surface area contributed by atoms with Gasteiger partial charge in [-0.15, -0.1) is 11.8 Å². The zero-order valence-electron chi connectivity index (χ0n) is 9.18. The molecule has 1 aromatic heterocycles. The summed E-state index contributed by atoms with van der Waals surface area (Å²) in [6, 6.07) is 8.24. The number of imidazole rings is 1. The van der Waals surface area contributed by atoms with Gasteiger partial charge in [0, 0.05) is 29.8 Å². The summed E-state index contributed by atoms with van der Waals surface area (Å²) >= 11 is 1.73. The number of nitrogens with zero attached hydrogens (tertiary/aromatic N) is 1. The van der Waals surface area contributed by atoms with E-state index in [0.717, 1.165) is 12.2 Å². The van der Waals surface area contributed by atoms with Gasteiger partial charge in [0.2, 0.25) is 0 Å². The number of nitrogens with one attached hydrogen (secondary N) is 1. The van der Waals surface area contributed by atoms with Gasteiger partial charge < -0.3 is 10.7 Å². The Balaban J connectivity index is 2.17. The lowest BCUT2D eigenvalue weighted by Crippen LogP contribution is -2.15. The lowest BCUT2D eigenvalue weighted by Gasteiger charge is -2.14. The van der Waals surface area contributed by atoms with Gasteiger partial charge in [0.05, 0.1) is 0 Å². The lowest BCUT2D eigenvalue weighted by molar-refractivity contribution is 0.682. The topological polar surface area (TPSA) is 54.7 Å². The molecule has 2 aromatic rings. The molecule has 16 heavy (non-hydrogen) atoms. The van der Waals surface area contributed by atoms with Crippen LogP contribution in [0.3, 0.4) is 0 Å². The molecule has 3 N–H and O–H groups in total. The van der Waals surface area contributed by atoms with Gasteiger partial charge in [0.25, 0.3) is 0 Å². The SMILES string of the molecule is CSc1ccccc1C(N)Cc1ncc[nH]1. The molecule has 2 rings (SSSR count). The van der Waals surface area contributed by atoms with Crippen LogP contribution in [0, 0.1) is 0 Å². The zero-order valence-corrected chi connectivity index (χ0v) is 10.00. The quantitative estimate of drug-likeness (QED) is 0.797. The van der Waals surface area contributed by atoms with Gasteiger partial charge >= 0.3 is 0 Å². The predicted octanol–water partition coefficient (Wildman–Crippen LogP) is 2.37. The van der Waals surface area contributed by atoms with Crippen molar-refractivity contribution in [3.8, 4) is 0 Å². The number of rotatable bonds is 4. The van der Waals surface area contributed by atoms with Crippen LogP contribution in [0.5, 0.6) is 0 Å². The van der Waals surface area contributed by atoms with Crippen molar-refractivity contribution in [2.45, 2.75) is 17.4 Å². The minimum absolute atomic E-state index is 0.00481. The molecule has 0 amide bonds. The van der Waals surface area contributed by atoms with Crippen molar-refractivity contribution >= 4 is 11.8 Å². The van der Waals surface area contributed by atoms with E-state index in [1.54, 1.807) is 18.0 Å². The maximum atomic E-state index is 6.19. The molecule has 0 spiro atoms. The van der Waals surface area contributed by atoms with Crippen LogP contribution in [0.15, 0.2) is 41.6 Å².